The second kappa shape index (κ2) is 8.39. The quantitative estimate of drug-likeness (QED) is 0.472. The number of anilines is 2. The Bertz CT molecular complexity index is 1130. The Morgan fingerprint density at radius 2 is 1.97 bits per heavy atom. The summed E-state index contributed by atoms with van der Waals surface area (Å²) < 4.78 is 7.44. The third-order valence-corrected chi connectivity index (χ3v) is 4.15. The highest BCUT2D eigenvalue weighted by Gasteiger charge is 2.09. The van der Waals surface area contributed by atoms with Crippen LogP contribution in [0.5, 0.6) is 5.75 Å². The van der Waals surface area contributed by atoms with E-state index in [0.29, 0.717) is 30.4 Å². The lowest BCUT2D eigenvalue weighted by molar-refractivity contribution is -0.114. The number of hydrogen-bond acceptors (Lipinski definition) is 6. The van der Waals surface area contributed by atoms with Gasteiger partial charge in [0, 0.05) is 30.3 Å². The van der Waals surface area contributed by atoms with E-state index in [2.05, 4.69) is 25.7 Å². The van der Waals surface area contributed by atoms with Gasteiger partial charge in [-0.1, -0.05) is 36.4 Å². The second-order valence-electron chi connectivity index (χ2n) is 6.35. The van der Waals surface area contributed by atoms with Gasteiger partial charge in [0.1, 0.15) is 24.5 Å². The van der Waals surface area contributed by atoms with Crippen molar-refractivity contribution >= 4 is 23.2 Å². The van der Waals surface area contributed by atoms with E-state index in [1.165, 1.54) is 13.3 Å². The lowest BCUT2D eigenvalue weighted by Gasteiger charge is -2.11. The molecule has 2 aromatic carbocycles. The van der Waals surface area contributed by atoms with Gasteiger partial charge in [-0.05, 0) is 12.1 Å². The van der Waals surface area contributed by atoms with Crippen molar-refractivity contribution in [2.75, 3.05) is 23.8 Å². The number of nitrogens with one attached hydrogen (secondary N) is 2. The van der Waals surface area contributed by atoms with Gasteiger partial charge in [-0.3, -0.25) is 4.79 Å². The zero-order chi connectivity index (χ0) is 20.1. The van der Waals surface area contributed by atoms with Crippen LogP contribution in [0.25, 0.3) is 17.0 Å². The molecule has 1 amide bonds. The molecule has 4 rings (SSSR count). The van der Waals surface area contributed by atoms with Gasteiger partial charge in [-0.2, -0.15) is 14.6 Å². The summed E-state index contributed by atoms with van der Waals surface area (Å²) >= 11 is 0. The van der Waals surface area contributed by atoms with Crippen molar-refractivity contribution in [3.05, 3.63) is 67.0 Å². The van der Waals surface area contributed by atoms with Gasteiger partial charge < -0.3 is 15.4 Å². The molecule has 0 bridgehead atoms. The summed E-state index contributed by atoms with van der Waals surface area (Å²) in [5.41, 5.74) is 2.53. The average Bonchev–Trinajstić information content (AvgIpc) is 3.20. The number of fused-ring (bicyclic) bond motifs is 1. The van der Waals surface area contributed by atoms with Crippen LogP contribution in [0.15, 0.2) is 67.0 Å². The van der Waals surface area contributed by atoms with Crippen LogP contribution in [-0.2, 0) is 4.79 Å². The van der Waals surface area contributed by atoms with Crippen LogP contribution in [0.4, 0.5) is 11.5 Å². The van der Waals surface area contributed by atoms with Gasteiger partial charge in [0.05, 0.1) is 12.2 Å². The number of hydrogen-bond donors (Lipinski definition) is 2. The van der Waals surface area contributed by atoms with Crippen molar-refractivity contribution in [3.63, 3.8) is 0 Å². The molecule has 29 heavy (non-hydrogen) atoms. The summed E-state index contributed by atoms with van der Waals surface area (Å²) in [4.78, 5) is 19.9. The minimum absolute atomic E-state index is 0.118. The molecule has 0 atom stereocenters. The number of rotatable bonds is 7. The lowest BCUT2D eigenvalue weighted by atomic mass is 10.1. The van der Waals surface area contributed by atoms with Gasteiger partial charge in [0.25, 0.3) is 5.78 Å². The van der Waals surface area contributed by atoms with E-state index in [1.54, 1.807) is 10.6 Å². The number of nitrogens with zero attached hydrogens (tertiary/aromatic N) is 4. The summed E-state index contributed by atoms with van der Waals surface area (Å²) in [6, 6.07) is 19.2. The molecule has 8 nitrogen and oxygen atoms in total. The number of ether oxygens (including phenoxy) is 1. The first-order valence-corrected chi connectivity index (χ1v) is 9.19. The molecular weight excluding hydrogens is 368 g/mol. The monoisotopic (exact) mass is 388 g/mol. The van der Waals surface area contributed by atoms with E-state index in [4.69, 9.17) is 4.74 Å². The minimum Gasteiger partial charge on any atom is -0.492 e. The van der Waals surface area contributed by atoms with Crippen LogP contribution >= 0.6 is 0 Å². The zero-order valence-corrected chi connectivity index (χ0v) is 15.9. The molecule has 0 radical (unpaired) electrons. The van der Waals surface area contributed by atoms with Gasteiger partial charge in [-0.15, -0.1) is 0 Å². The molecule has 2 N–H and O–H groups in total. The van der Waals surface area contributed by atoms with Crippen LogP contribution in [0, 0.1) is 0 Å². The van der Waals surface area contributed by atoms with E-state index < -0.39 is 0 Å². The van der Waals surface area contributed by atoms with Crippen LogP contribution in [-0.4, -0.2) is 38.6 Å². The lowest BCUT2D eigenvalue weighted by Crippen LogP contribution is -2.14. The average molecular weight is 388 g/mol. The van der Waals surface area contributed by atoms with E-state index >= 15 is 0 Å². The van der Waals surface area contributed by atoms with Crippen molar-refractivity contribution in [3.8, 4) is 17.0 Å². The topological polar surface area (TPSA) is 93.4 Å². The predicted molar refractivity (Wildman–Crippen MR) is 111 cm³/mol. The molecule has 0 aliphatic heterocycles. The van der Waals surface area contributed by atoms with Gasteiger partial charge in [0.15, 0.2) is 0 Å². The summed E-state index contributed by atoms with van der Waals surface area (Å²) in [7, 11) is 0. The summed E-state index contributed by atoms with van der Waals surface area (Å²) in [5, 5.41) is 10.3. The molecule has 0 fully saturated rings. The molecule has 0 saturated carbocycles. The van der Waals surface area contributed by atoms with E-state index in [0.717, 1.165) is 17.1 Å². The fraction of sp³-hybridized carbons (Fsp3) is 0.143. The molecule has 0 aliphatic carbocycles. The number of carbonyl (C=O) groups is 1. The van der Waals surface area contributed by atoms with Crippen molar-refractivity contribution in [2.24, 2.45) is 0 Å². The van der Waals surface area contributed by atoms with E-state index in [1.807, 2.05) is 54.6 Å². The molecule has 0 aliphatic rings. The summed E-state index contributed by atoms with van der Waals surface area (Å²) in [6.07, 6.45) is 1.48. The largest absolute Gasteiger partial charge is 0.492 e. The molecule has 2 heterocycles. The van der Waals surface area contributed by atoms with Crippen molar-refractivity contribution < 1.29 is 9.53 Å². The summed E-state index contributed by atoms with van der Waals surface area (Å²) in [5.74, 6) is 1.87. The van der Waals surface area contributed by atoms with E-state index in [9.17, 15) is 4.79 Å². The van der Waals surface area contributed by atoms with Gasteiger partial charge >= 0.3 is 0 Å². The van der Waals surface area contributed by atoms with Crippen LogP contribution < -0.4 is 15.4 Å². The minimum atomic E-state index is -0.118. The number of aromatic nitrogens is 4. The summed E-state index contributed by atoms with van der Waals surface area (Å²) in [6.45, 7) is 2.46. The molecular formula is C21H20N6O2. The first-order valence-electron chi connectivity index (χ1n) is 9.19. The molecule has 0 unspecified atom stereocenters. The molecule has 0 saturated heterocycles. The highest BCUT2D eigenvalue weighted by atomic mass is 16.5. The van der Waals surface area contributed by atoms with Crippen LogP contribution in [0.1, 0.15) is 6.92 Å². The second-order valence-corrected chi connectivity index (χ2v) is 6.35. The van der Waals surface area contributed by atoms with Crippen LogP contribution in [0.3, 0.4) is 0 Å². The maximum atomic E-state index is 11.2. The zero-order valence-electron chi connectivity index (χ0n) is 15.9. The standard InChI is InChI=1S/C21H20N6O2/c1-15(28)25-17-8-5-9-18(12-17)29-11-10-22-20-13-19(16-6-3-2-4-7-16)26-21-23-14-24-27(20)21/h2-9,12-14,22H,10-11H2,1H3,(H,25,28). The molecule has 146 valence electrons. The number of carbonyl (C=O) groups excluding carboxylic acids is 1. The Kier molecular flexibility index (Phi) is 5.33. The number of amides is 1. The first-order chi connectivity index (χ1) is 14.2. The smallest absolute Gasteiger partial charge is 0.254 e. The van der Waals surface area contributed by atoms with Crippen molar-refractivity contribution in [1.82, 2.24) is 19.6 Å². The predicted octanol–water partition coefficient (Wildman–Crippen LogP) is 3.24. The fourth-order valence-electron chi connectivity index (χ4n) is 2.91. The first kappa shape index (κ1) is 18.4. The third kappa shape index (κ3) is 4.49. The Balaban J connectivity index is 1.43. The maximum absolute atomic E-state index is 11.2. The molecule has 0 spiro atoms. The Hall–Kier alpha value is -3.94. The normalized spacial score (nSPS) is 10.7. The van der Waals surface area contributed by atoms with Crippen molar-refractivity contribution in [1.29, 1.82) is 0 Å². The van der Waals surface area contributed by atoms with Crippen LogP contribution in [0.2, 0.25) is 0 Å². The number of benzene rings is 2. The van der Waals surface area contributed by atoms with Gasteiger partial charge in [-0.25, -0.2) is 4.98 Å². The molecule has 2 aromatic heterocycles. The molecule has 8 heteroatoms. The Morgan fingerprint density at radius 3 is 2.79 bits per heavy atom. The van der Waals surface area contributed by atoms with Crippen molar-refractivity contribution in [2.45, 2.75) is 6.92 Å². The maximum Gasteiger partial charge on any atom is 0.254 e. The van der Waals surface area contributed by atoms with E-state index in [-0.39, 0.29) is 5.91 Å². The highest BCUT2D eigenvalue weighted by molar-refractivity contribution is 5.88. The SMILES string of the molecule is CC(=O)Nc1cccc(OCCNc2cc(-c3ccccc3)nc3ncnn23)c1. The highest BCUT2D eigenvalue weighted by Crippen LogP contribution is 2.21. The third-order valence-electron chi connectivity index (χ3n) is 4.15. The van der Waals surface area contributed by atoms with Gasteiger partial charge in [0.2, 0.25) is 5.91 Å². The Morgan fingerprint density at radius 1 is 1.10 bits per heavy atom. The fourth-order valence-corrected chi connectivity index (χ4v) is 2.91. The Labute approximate surface area is 167 Å². The molecule has 4 aromatic rings.